The van der Waals surface area contributed by atoms with Gasteiger partial charge in [0.15, 0.2) is 0 Å². The summed E-state index contributed by atoms with van der Waals surface area (Å²) in [5.41, 5.74) is 2.18. The SMILES string of the molecule is C/C=N\N(CNCC1CCCCN1C(=O)C(NC(=O)[C@H](C)NC)C1CCCCC1)c1cc(Br)ccc1C. The van der Waals surface area contributed by atoms with Crippen LogP contribution in [0.1, 0.15) is 70.8 Å². The van der Waals surface area contributed by atoms with Gasteiger partial charge in [-0.1, -0.05) is 41.3 Å². The number of likely N-dealkylation sites (N-methyl/N-ethyl adjacent to an activating group) is 1. The average molecular weight is 578 g/mol. The van der Waals surface area contributed by atoms with Gasteiger partial charge in [0.2, 0.25) is 11.8 Å². The molecular weight excluding hydrogens is 532 g/mol. The predicted octanol–water partition coefficient (Wildman–Crippen LogP) is 4.17. The van der Waals surface area contributed by atoms with Crippen LogP contribution in [0.3, 0.4) is 0 Å². The molecule has 206 valence electrons. The number of nitrogens with zero attached hydrogens (tertiary/aromatic N) is 3. The Bertz CT molecular complexity index is 920. The number of nitrogens with one attached hydrogen (secondary N) is 3. The topological polar surface area (TPSA) is 89.1 Å². The van der Waals surface area contributed by atoms with Crippen LogP contribution in [-0.2, 0) is 9.59 Å². The van der Waals surface area contributed by atoms with E-state index in [1.54, 1.807) is 13.3 Å². The van der Waals surface area contributed by atoms with Gasteiger partial charge in [0.25, 0.3) is 0 Å². The fourth-order valence-corrected chi connectivity index (χ4v) is 5.81. The van der Waals surface area contributed by atoms with E-state index in [9.17, 15) is 9.59 Å². The Kier molecular flexibility index (Phi) is 11.9. The molecule has 3 N–H and O–H groups in total. The minimum absolute atomic E-state index is 0.0846. The smallest absolute Gasteiger partial charge is 0.245 e. The average Bonchev–Trinajstić information content (AvgIpc) is 2.92. The first-order valence-corrected chi connectivity index (χ1v) is 14.7. The zero-order valence-electron chi connectivity index (χ0n) is 22.9. The van der Waals surface area contributed by atoms with E-state index in [1.165, 1.54) is 6.42 Å². The first kappa shape index (κ1) is 29.6. The van der Waals surface area contributed by atoms with Crippen LogP contribution >= 0.6 is 15.9 Å². The predicted molar refractivity (Wildman–Crippen MR) is 155 cm³/mol. The molecule has 8 nitrogen and oxygen atoms in total. The summed E-state index contributed by atoms with van der Waals surface area (Å²) in [7, 11) is 1.77. The van der Waals surface area contributed by atoms with Gasteiger partial charge in [-0.3, -0.25) is 19.9 Å². The largest absolute Gasteiger partial charge is 0.343 e. The highest BCUT2D eigenvalue weighted by molar-refractivity contribution is 9.10. The molecule has 1 aromatic carbocycles. The van der Waals surface area contributed by atoms with Gasteiger partial charge in [-0.05, 0) is 83.5 Å². The molecule has 1 aromatic rings. The molecule has 1 saturated heterocycles. The van der Waals surface area contributed by atoms with Crippen molar-refractivity contribution in [1.29, 1.82) is 0 Å². The molecule has 3 atom stereocenters. The fraction of sp³-hybridized carbons (Fsp3) is 0.679. The highest BCUT2D eigenvalue weighted by atomic mass is 79.9. The molecule has 1 aliphatic heterocycles. The quantitative estimate of drug-likeness (QED) is 0.209. The molecule has 3 rings (SSSR count). The lowest BCUT2D eigenvalue weighted by Gasteiger charge is -2.41. The van der Waals surface area contributed by atoms with E-state index in [1.807, 2.05) is 29.8 Å². The van der Waals surface area contributed by atoms with Crippen LogP contribution in [0.15, 0.2) is 27.8 Å². The number of carbonyl (C=O) groups excluding carboxylic acids is 2. The zero-order chi connectivity index (χ0) is 26.8. The van der Waals surface area contributed by atoms with E-state index in [4.69, 9.17) is 0 Å². The normalized spacial score (nSPS) is 20.6. The molecule has 2 fully saturated rings. The summed E-state index contributed by atoms with van der Waals surface area (Å²) in [5, 5.41) is 16.2. The Labute approximate surface area is 231 Å². The number of hydrogen-bond acceptors (Lipinski definition) is 6. The summed E-state index contributed by atoms with van der Waals surface area (Å²) < 4.78 is 1.01. The zero-order valence-corrected chi connectivity index (χ0v) is 24.5. The van der Waals surface area contributed by atoms with Crippen LogP contribution in [0.25, 0.3) is 0 Å². The number of hydrazone groups is 1. The van der Waals surface area contributed by atoms with Gasteiger partial charge in [-0.25, -0.2) is 0 Å². The lowest BCUT2D eigenvalue weighted by atomic mass is 9.82. The Morgan fingerprint density at radius 1 is 1.19 bits per heavy atom. The van der Waals surface area contributed by atoms with Crippen LogP contribution in [0.2, 0.25) is 0 Å². The number of aryl methyl sites for hydroxylation is 1. The van der Waals surface area contributed by atoms with E-state index in [-0.39, 0.29) is 29.8 Å². The highest BCUT2D eigenvalue weighted by Crippen LogP contribution is 2.29. The maximum absolute atomic E-state index is 14.0. The first-order chi connectivity index (χ1) is 17.8. The summed E-state index contributed by atoms with van der Waals surface area (Å²) in [6.45, 7) is 7.80. The van der Waals surface area contributed by atoms with Crippen LogP contribution in [0, 0.1) is 12.8 Å². The van der Waals surface area contributed by atoms with Gasteiger partial charge < -0.3 is 15.5 Å². The summed E-state index contributed by atoms with van der Waals surface area (Å²) in [6, 6.07) is 5.50. The molecule has 1 saturated carbocycles. The Balaban J connectivity index is 1.70. The number of likely N-dealkylation sites (tertiary alicyclic amines) is 1. The minimum atomic E-state index is -0.449. The van der Waals surface area contributed by atoms with Crippen molar-refractivity contribution in [2.24, 2.45) is 11.0 Å². The summed E-state index contributed by atoms with van der Waals surface area (Å²) in [5.74, 6) is 0.190. The molecule has 37 heavy (non-hydrogen) atoms. The van der Waals surface area contributed by atoms with Crippen molar-refractivity contribution < 1.29 is 9.59 Å². The van der Waals surface area contributed by atoms with E-state index in [0.717, 1.165) is 67.2 Å². The number of benzene rings is 1. The third-order valence-electron chi connectivity index (χ3n) is 7.77. The van der Waals surface area contributed by atoms with Crippen molar-refractivity contribution in [2.75, 3.05) is 31.8 Å². The Hall–Kier alpha value is -1.97. The summed E-state index contributed by atoms with van der Waals surface area (Å²) in [6.07, 6.45) is 10.3. The monoisotopic (exact) mass is 576 g/mol. The van der Waals surface area contributed by atoms with E-state index in [0.29, 0.717) is 13.2 Å². The molecule has 0 spiro atoms. The Morgan fingerprint density at radius 3 is 2.62 bits per heavy atom. The molecular formula is C28H45BrN6O2. The minimum Gasteiger partial charge on any atom is -0.343 e. The number of anilines is 1. The van der Waals surface area contributed by atoms with E-state index < -0.39 is 6.04 Å². The second-order valence-electron chi connectivity index (χ2n) is 10.4. The lowest BCUT2D eigenvalue weighted by Crippen LogP contribution is -2.59. The summed E-state index contributed by atoms with van der Waals surface area (Å²) in [4.78, 5) is 28.8. The van der Waals surface area contributed by atoms with Gasteiger partial charge >= 0.3 is 0 Å². The number of halogens is 1. The van der Waals surface area contributed by atoms with Crippen molar-refractivity contribution in [1.82, 2.24) is 20.9 Å². The third kappa shape index (κ3) is 8.26. The van der Waals surface area contributed by atoms with E-state index in [2.05, 4.69) is 56.0 Å². The van der Waals surface area contributed by atoms with Crippen molar-refractivity contribution in [2.45, 2.75) is 90.3 Å². The van der Waals surface area contributed by atoms with Crippen molar-refractivity contribution in [3.63, 3.8) is 0 Å². The number of rotatable bonds is 11. The molecule has 2 unspecified atom stereocenters. The first-order valence-electron chi connectivity index (χ1n) is 13.9. The van der Waals surface area contributed by atoms with Crippen molar-refractivity contribution in [3.8, 4) is 0 Å². The third-order valence-corrected chi connectivity index (χ3v) is 8.26. The lowest BCUT2D eigenvalue weighted by molar-refractivity contribution is -0.141. The highest BCUT2D eigenvalue weighted by Gasteiger charge is 2.37. The van der Waals surface area contributed by atoms with Gasteiger partial charge in [0.1, 0.15) is 6.04 Å². The number of hydrogen-bond donors (Lipinski definition) is 3. The van der Waals surface area contributed by atoms with Gasteiger partial charge in [-0.15, -0.1) is 0 Å². The fourth-order valence-electron chi connectivity index (χ4n) is 5.46. The van der Waals surface area contributed by atoms with Crippen LogP contribution < -0.4 is 21.0 Å². The summed E-state index contributed by atoms with van der Waals surface area (Å²) >= 11 is 3.57. The number of amides is 2. The van der Waals surface area contributed by atoms with Crippen molar-refractivity contribution >= 4 is 39.6 Å². The van der Waals surface area contributed by atoms with Crippen LogP contribution in [-0.4, -0.2) is 67.9 Å². The van der Waals surface area contributed by atoms with Gasteiger partial charge in [-0.2, -0.15) is 5.10 Å². The molecule has 9 heteroatoms. The molecule has 1 heterocycles. The second-order valence-corrected chi connectivity index (χ2v) is 11.3. The maximum atomic E-state index is 14.0. The molecule has 0 aromatic heterocycles. The van der Waals surface area contributed by atoms with Gasteiger partial charge in [0.05, 0.1) is 18.4 Å². The van der Waals surface area contributed by atoms with Crippen molar-refractivity contribution in [3.05, 3.63) is 28.2 Å². The van der Waals surface area contributed by atoms with Crippen LogP contribution in [0.4, 0.5) is 5.69 Å². The molecule has 0 radical (unpaired) electrons. The molecule has 0 bridgehead atoms. The molecule has 2 amide bonds. The second kappa shape index (κ2) is 14.8. The van der Waals surface area contributed by atoms with Gasteiger partial charge in [0, 0.05) is 29.8 Å². The maximum Gasteiger partial charge on any atom is 0.245 e. The number of piperidine rings is 1. The van der Waals surface area contributed by atoms with E-state index >= 15 is 0 Å². The van der Waals surface area contributed by atoms with Crippen LogP contribution in [0.5, 0.6) is 0 Å². The molecule has 2 aliphatic rings. The standard InChI is InChI=1S/C28H45BrN6O2/c1-5-32-35(25-17-23(29)15-14-20(25)2)19-31-18-24-13-9-10-16-34(24)28(37)26(22-11-7-6-8-12-22)33-27(36)21(3)30-4/h5,14-15,17,21-22,24,26,30-31H,6-13,16,18-19H2,1-4H3,(H,33,36)/b32-5-/t21-,24?,26?/m0/s1. The molecule has 1 aliphatic carbocycles. The number of carbonyl (C=O) groups is 2. The Morgan fingerprint density at radius 2 is 1.92 bits per heavy atom.